The zero-order valence-electron chi connectivity index (χ0n) is 8.63. The van der Waals surface area contributed by atoms with Gasteiger partial charge < -0.3 is 10.1 Å². The van der Waals surface area contributed by atoms with Crippen molar-refractivity contribution in [2.24, 2.45) is 0 Å². The Labute approximate surface area is 85.2 Å². The minimum atomic E-state index is -0.0470. The number of nitrogens with one attached hydrogen (secondary N) is 1. The lowest BCUT2D eigenvalue weighted by molar-refractivity contribution is -0.139. The highest BCUT2D eigenvalue weighted by atomic mass is 16.5. The summed E-state index contributed by atoms with van der Waals surface area (Å²) in [6, 6.07) is 0.534. The second kappa shape index (κ2) is 4.78. The molecule has 0 aromatic heterocycles. The van der Waals surface area contributed by atoms with Gasteiger partial charge in [-0.3, -0.25) is 4.79 Å². The van der Waals surface area contributed by atoms with Crippen LogP contribution in [0.15, 0.2) is 0 Å². The lowest BCUT2D eigenvalue weighted by Crippen LogP contribution is -2.40. The molecule has 1 atom stereocenters. The predicted octanol–water partition coefficient (Wildman–Crippen LogP) is 1.61. The van der Waals surface area contributed by atoms with Gasteiger partial charge in [0.15, 0.2) is 0 Å². The Morgan fingerprint density at radius 1 is 1.07 bits per heavy atom. The molecular weight excluding hydrogens is 178 g/mol. The van der Waals surface area contributed by atoms with Gasteiger partial charge in [-0.2, -0.15) is 0 Å². The molecule has 1 saturated carbocycles. The SMILES string of the molecule is O=C1OCCC1NC1CCCCCC1. The van der Waals surface area contributed by atoms with Crippen LogP contribution in [0.2, 0.25) is 0 Å². The molecule has 1 saturated heterocycles. The lowest BCUT2D eigenvalue weighted by Gasteiger charge is -2.18. The van der Waals surface area contributed by atoms with Crippen molar-refractivity contribution in [3.05, 3.63) is 0 Å². The molecule has 3 heteroatoms. The van der Waals surface area contributed by atoms with E-state index in [0.717, 1.165) is 6.42 Å². The molecule has 2 rings (SSSR count). The molecule has 1 unspecified atom stereocenters. The monoisotopic (exact) mass is 197 g/mol. The summed E-state index contributed by atoms with van der Waals surface area (Å²) < 4.78 is 4.94. The van der Waals surface area contributed by atoms with Crippen LogP contribution in [0.1, 0.15) is 44.9 Å². The van der Waals surface area contributed by atoms with Crippen LogP contribution in [0.4, 0.5) is 0 Å². The molecule has 0 bridgehead atoms. The maximum atomic E-state index is 11.2. The Kier molecular flexibility index (Phi) is 3.40. The molecule has 2 aliphatic rings. The van der Waals surface area contributed by atoms with Gasteiger partial charge in [0.1, 0.15) is 6.04 Å². The molecule has 0 aromatic carbocycles. The molecule has 1 heterocycles. The normalized spacial score (nSPS) is 30.0. The molecule has 1 N–H and O–H groups in total. The molecular formula is C11H19NO2. The van der Waals surface area contributed by atoms with Crippen molar-refractivity contribution in [1.82, 2.24) is 5.32 Å². The number of hydrogen-bond acceptors (Lipinski definition) is 3. The van der Waals surface area contributed by atoms with Gasteiger partial charge in [-0.15, -0.1) is 0 Å². The van der Waals surface area contributed by atoms with Crippen molar-refractivity contribution < 1.29 is 9.53 Å². The predicted molar refractivity (Wildman–Crippen MR) is 54.0 cm³/mol. The van der Waals surface area contributed by atoms with Crippen molar-refractivity contribution >= 4 is 5.97 Å². The van der Waals surface area contributed by atoms with Gasteiger partial charge >= 0.3 is 5.97 Å². The zero-order chi connectivity index (χ0) is 9.80. The fourth-order valence-corrected chi connectivity index (χ4v) is 2.38. The van der Waals surface area contributed by atoms with E-state index >= 15 is 0 Å². The zero-order valence-corrected chi connectivity index (χ0v) is 8.63. The Balaban J connectivity index is 1.80. The summed E-state index contributed by atoms with van der Waals surface area (Å²) >= 11 is 0. The van der Waals surface area contributed by atoms with Crippen LogP contribution in [0, 0.1) is 0 Å². The van der Waals surface area contributed by atoms with E-state index in [1.54, 1.807) is 0 Å². The molecule has 1 aliphatic carbocycles. The molecule has 0 radical (unpaired) electrons. The summed E-state index contributed by atoms with van der Waals surface area (Å²) in [5, 5.41) is 3.43. The largest absolute Gasteiger partial charge is 0.464 e. The van der Waals surface area contributed by atoms with Crippen LogP contribution in [0.3, 0.4) is 0 Å². The molecule has 1 aliphatic heterocycles. The minimum Gasteiger partial charge on any atom is -0.464 e. The Morgan fingerprint density at radius 3 is 2.36 bits per heavy atom. The number of hydrogen-bond donors (Lipinski definition) is 1. The first-order valence-electron chi connectivity index (χ1n) is 5.79. The van der Waals surface area contributed by atoms with E-state index in [1.807, 2.05) is 0 Å². The fourth-order valence-electron chi connectivity index (χ4n) is 2.38. The summed E-state index contributed by atoms with van der Waals surface area (Å²) in [6.07, 6.45) is 8.63. The molecule has 0 amide bonds. The van der Waals surface area contributed by atoms with E-state index in [-0.39, 0.29) is 12.0 Å². The first-order chi connectivity index (χ1) is 6.86. The molecule has 0 spiro atoms. The molecule has 80 valence electrons. The Morgan fingerprint density at radius 2 is 1.79 bits per heavy atom. The van der Waals surface area contributed by atoms with Gasteiger partial charge in [-0.1, -0.05) is 25.7 Å². The van der Waals surface area contributed by atoms with Gasteiger partial charge in [-0.25, -0.2) is 0 Å². The minimum absolute atomic E-state index is 0.0156. The lowest BCUT2D eigenvalue weighted by atomic mass is 10.1. The average molecular weight is 197 g/mol. The van der Waals surface area contributed by atoms with E-state index in [2.05, 4.69) is 5.32 Å². The highest BCUT2D eigenvalue weighted by Crippen LogP contribution is 2.19. The van der Waals surface area contributed by atoms with Crippen molar-refractivity contribution in [2.45, 2.75) is 57.0 Å². The van der Waals surface area contributed by atoms with Gasteiger partial charge in [0.25, 0.3) is 0 Å². The maximum Gasteiger partial charge on any atom is 0.323 e. The summed E-state index contributed by atoms with van der Waals surface area (Å²) in [7, 11) is 0. The quantitative estimate of drug-likeness (QED) is 0.540. The molecule has 3 nitrogen and oxygen atoms in total. The smallest absolute Gasteiger partial charge is 0.323 e. The van der Waals surface area contributed by atoms with Crippen LogP contribution in [-0.4, -0.2) is 24.7 Å². The number of carbonyl (C=O) groups excluding carboxylic acids is 1. The Hall–Kier alpha value is -0.570. The van der Waals surface area contributed by atoms with Gasteiger partial charge in [0.2, 0.25) is 0 Å². The van der Waals surface area contributed by atoms with E-state index in [9.17, 15) is 4.79 Å². The number of rotatable bonds is 2. The third kappa shape index (κ3) is 2.47. The van der Waals surface area contributed by atoms with Gasteiger partial charge in [0, 0.05) is 12.5 Å². The topological polar surface area (TPSA) is 38.3 Å². The second-order valence-electron chi connectivity index (χ2n) is 4.36. The number of ether oxygens (including phenoxy) is 1. The van der Waals surface area contributed by atoms with Gasteiger partial charge in [0.05, 0.1) is 6.61 Å². The third-order valence-electron chi connectivity index (χ3n) is 3.23. The second-order valence-corrected chi connectivity index (χ2v) is 4.36. The van der Waals surface area contributed by atoms with Crippen LogP contribution in [-0.2, 0) is 9.53 Å². The molecule has 0 aromatic rings. The number of esters is 1. The van der Waals surface area contributed by atoms with E-state index < -0.39 is 0 Å². The first kappa shape index (κ1) is 9.97. The third-order valence-corrected chi connectivity index (χ3v) is 3.23. The summed E-state index contributed by atoms with van der Waals surface area (Å²) in [5.41, 5.74) is 0. The van der Waals surface area contributed by atoms with Crippen LogP contribution < -0.4 is 5.32 Å². The van der Waals surface area contributed by atoms with Crippen LogP contribution >= 0.6 is 0 Å². The fraction of sp³-hybridized carbons (Fsp3) is 0.909. The highest BCUT2D eigenvalue weighted by Gasteiger charge is 2.28. The van der Waals surface area contributed by atoms with Crippen LogP contribution in [0.25, 0.3) is 0 Å². The van der Waals surface area contributed by atoms with E-state index in [1.165, 1.54) is 38.5 Å². The van der Waals surface area contributed by atoms with Crippen molar-refractivity contribution in [2.75, 3.05) is 6.61 Å². The first-order valence-corrected chi connectivity index (χ1v) is 5.79. The maximum absolute atomic E-state index is 11.2. The molecule has 14 heavy (non-hydrogen) atoms. The van der Waals surface area contributed by atoms with Gasteiger partial charge in [-0.05, 0) is 12.8 Å². The van der Waals surface area contributed by atoms with Crippen LogP contribution in [0.5, 0.6) is 0 Å². The average Bonchev–Trinajstić information content (AvgIpc) is 2.44. The summed E-state index contributed by atoms with van der Waals surface area (Å²) in [5.74, 6) is -0.0470. The Bertz CT molecular complexity index is 197. The number of carbonyl (C=O) groups is 1. The van der Waals surface area contributed by atoms with E-state index in [4.69, 9.17) is 4.74 Å². The van der Waals surface area contributed by atoms with Crippen molar-refractivity contribution in [1.29, 1.82) is 0 Å². The van der Waals surface area contributed by atoms with Crippen molar-refractivity contribution in [3.63, 3.8) is 0 Å². The van der Waals surface area contributed by atoms with E-state index in [0.29, 0.717) is 12.6 Å². The summed E-state index contributed by atoms with van der Waals surface area (Å²) in [4.78, 5) is 11.2. The van der Waals surface area contributed by atoms with Crippen molar-refractivity contribution in [3.8, 4) is 0 Å². The highest BCUT2D eigenvalue weighted by molar-refractivity contribution is 5.77. The standard InChI is InChI=1S/C11H19NO2/c13-11-10(7-8-14-11)12-9-5-3-1-2-4-6-9/h9-10,12H,1-8H2. The summed E-state index contributed by atoms with van der Waals surface area (Å²) in [6.45, 7) is 0.600. The molecule has 2 fully saturated rings. The number of cyclic esters (lactones) is 1.